The molecular formula is C18H25N3O2. The highest BCUT2D eigenvalue weighted by atomic mass is 16.2. The summed E-state index contributed by atoms with van der Waals surface area (Å²) in [5, 5.41) is 6.77. The van der Waals surface area contributed by atoms with Crippen LogP contribution in [0.4, 0.5) is 0 Å². The topological polar surface area (TPSA) is 74.0 Å². The van der Waals surface area contributed by atoms with Crippen LogP contribution in [0.25, 0.3) is 10.9 Å². The monoisotopic (exact) mass is 315 g/mol. The number of fused-ring (bicyclic) bond motifs is 1. The number of aromatic amines is 1. The smallest absolute Gasteiger partial charge is 0.242 e. The van der Waals surface area contributed by atoms with Crippen molar-refractivity contribution >= 4 is 22.7 Å². The van der Waals surface area contributed by atoms with E-state index in [4.69, 9.17) is 0 Å². The maximum Gasteiger partial charge on any atom is 0.242 e. The summed E-state index contributed by atoms with van der Waals surface area (Å²) < 4.78 is 0. The molecule has 1 aromatic heterocycles. The van der Waals surface area contributed by atoms with E-state index >= 15 is 0 Å². The minimum Gasteiger partial charge on any atom is -0.361 e. The number of amides is 2. The van der Waals surface area contributed by atoms with Crippen molar-refractivity contribution in [2.75, 3.05) is 0 Å². The van der Waals surface area contributed by atoms with Gasteiger partial charge in [-0.05, 0) is 38.3 Å². The molecule has 5 nitrogen and oxygen atoms in total. The van der Waals surface area contributed by atoms with Crippen molar-refractivity contribution in [1.82, 2.24) is 15.6 Å². The van der Waals surface area contributed by atoms with E-state index in [1.807, 2.05) is 44.3 Å². The number of para-hydroxylation sites is 1. The second-order valence-electron chi connectivity index (χ2n) is 5.97. The molecule has 0 fully saturated rings. The highest BCUT2D eigenvalue weighted by Gasteiger charge is 2.17. The number of aryl methyl sites for hydroxylation is 1. The van der Waals surface area contributed by atoms with Crippen LogP contribution in [0, 0.1) is 0 Å². The van der Waals surface area contributed by atoms with Crippen molar-refractivity contribution in [2.45, 2.75) is 52.1 Å². The molecule has 0 aliphatic carbocycles. The first-order valence-electron chi connectivity index (χ1n) is 8.16. The van der Waals surface area contributed by atoms with Crippen LogP contribution in [0.15, 0.2) is 30.5 Å². The van der Waals surface area contributed by atoms with Gasteiger partial charge in [-0.25, -0.2) is 0 Å². The fourth-order valence-electron chi connectivity index (χ4n) is 2.44. The normalized spacial score (nSPS) is 13.5. The standard InChI is InChI=1S/C18H25N3O2/c1-4-12(2)20-18(23)13(3)21-17(22)10-9-14-11-19-16-8-6-5-7-15(14)16/h5-8,11-13,19H,4,9-10H2,1-3H3,(H,20,23)(H,21,22). The second-order valence-corrected chi connectivity index (χ2v) is 5.97. The van der Waals surface area contributed by atoms with Crippen molar-refractivity contribution < 1.29 is 9.59 Å². The van der Waals surface area contributed by atoms with Crippen LogP contribution >= 0.6 is 0 Å². The number of hydrogen-bond donors (Lipinski definition) is 3. The molecule has 0 saturated heterocycles. The summed E-state index contributed by atoms with van der Waals surface area (Å²) in [6.45, 7) is 5.67. The summed E-state index contributed by atoms with van der Waals surface area (Å²) in [5.74, 6) is -0.248. The first kappa shape index (κ1) is 17.1. The molecule has 0 aliphatic heterocycles. The molecule has 1 heterocycles. The number of nitrogens with one attached hydrogen (secondary N) is 3. The molecule has 5 heteroatoms. The highest BCUT2D eigenvalue weighted by molar-refractivity contribution is 5.88. The highest BCUT2D eigenvalue weighted by Crippen LogP contribution is 2.18. The van der Waals surface area contributed by atoms with Gasteiger partial charge in [0, 0.05) is 29.6 Å². The van der Waals surface area contributed by atoms with E-state index in [-0.39, 0.29) is 17.9 Å². The lowest BCUT2D eigenvalue weighted by atomic mass is 10.1. The largest absolute Gasteiger partial charge is 0.361 e. The average molecular weight is 315 g/mol. The molecule has 0 radical (unpaired) electrons. The molecule has 3 N–H and O–H groups in total. The Morgan fingerprint density at radius 1 is 1.17 bits per heavy atom. The van der Waals surface area contributed by atoms with E-state index in [0.29, 0.717) is 12.8 Å². The Hall–Kier alpha value is -2.30. The lowest BCUT2D eigenvalue weighted by Gasteiger charge is -2.17. The molecule has 2 atom stereocenters. The van der Waals surface area contributed by atoms with Gasteiger partial charge < -0.3 is 15.6 Å². The Bertz CT molecular complexity index is 678. The van der Waals surface area contributed by atoms with Crippen LogP contribution in [-0.2, 0) is 16.0 Å². The van der Waals surface area contributed by atoms with Gasteiger partial charge in [0.05, 0.1) is 0 Å². The molecule has 0 bridgehead atoms. The summed E-state index contributed by atoms with van der Waals surface area (Å²) in [5.41, 5.74) is 2.19. The van der Waals surface area contributed by atoms with E-state index in [9.17, 15) is 9.59 Å². The van der Waals surface area contributed by atoms with Gasteiger partial charge in [0.15, 0.2) is 0 Å². The van der Waals surface area contributed by atoms with Crippen LogP contribution in [0.5, 0.6) is 0 Å². The molecule has 2 aromatic rings. The zero-order valence-corrected chi connectivity index (χ0v) is 14.0. The molecule has 0 saturated carbocycles. The van der Waals surface area contributed by atoms with E-state index in [1.165, 1.54) is 0 Å². The fraction of sp³-hybridized carbons (Fsp3) is 0.444. The van der Waals surface area contributed by atoms with Gasteiger partial charge in [-0.2, -0.15) is 0 Å². The van der Waals surface area contributed by atoms with E-state index in [0.717, 1.165) is 22.9 Å². The van der Waals surface area contributed by atoms with Crippen LogP contribution in [0.2, 0.25) is 0 Å². The Labute approximate surface area is 136 Å². The minimum atomic E-state index is -0.514. The number of carbonyl (C=O) groups excluding carboxylic acids is 2. The Kier molecular flexibility index (Phi) is 5.79. The Morgan fingerprint density at radius 3 is 2.65 bits per heavy atom. The summed E-state index contributed by atoms with van der Waals surface area (Å²) >= 11 is 0. The van der Waals surface area contributed by atoms with Crippen molar-refractivity contribution in [3.05, 3.63) is 36.0 Å². The summed E-state index contributed by atoms with van der Waals surface area (Å²) in [4.78, 5) is 27.2. The lowest BCUT2D eigenvalue weighted by molar-refractivity contribution is -0.128. The van der Waals surface area contributed by atoms with Gasteiger partial charge in [-0.1, -0.05) is 25.1 Å². The molecule has 2 amide bonds. The van der Waals surface area contributed by atoms with E-state index in [2.05, 4.69) is 15.6 Å². The number of hydrogen-bond acceptors (Lipinski definition) is 2. The van der Waals surface area contributed by atoms with Crippen LogP contribution in [0.3, 0.4) is 0 Å². The van der Waals surface area contributed by atoms with Crippen molar-refractivity contribution in [3.8, 4) is 0 Å². The lowest BCUT2D eigenvalue weighted by Crippen LogP contribution is -2.47. The van der Waals surface area contributed by atoms with E-state index < -0.39 is 6.04 Å². The molecule has 2 unspecified atom stereocenters. The number of rotatable bonds is 7. The quantitative estimate of drug-likeness (QED) is 0.734. The predicted molar refractivity (Wildman–Crippen MR) is 92.1 cm³/mol. The van der Waals surface area contributed by atoms with Crippen LogP contribution < -0.4 is 10.6 Å². The third-order valence-corrected chi connectivity index (χ3v) is 4.07. The molecule has 2 rings (SSSR count). The summed E-state index contributed by atoms with van der Waals surface area (Å²) in [6, 6.07) is 7.63. The molecule has 0 aliphatic rings. The average Bonchev–Trinajstić information content (AvgIpc) is 2.95. The fourth-order valence-corrected chi connectivity index (χ4v) is 2.44. The molecule has 23 heavy (non-hydrogen) atoms. The SMILES string of the molecule is CCC(C)NC(=O)C(C)NC(=O)CCc1c[nH]c2ccccc12. The van der Waals surface area contributed by atoms with Gasteiger partial charge in [-0.3, -0.25) is 9.59 Å². The number of carbonyl (C=O) groups is 2. The molecular weight excluding hydrogens is 290 g/mol. The first-order chi connectivity index (χ1) is 11.0. The minimum absolute atomic E-state index is 0.109. The molecule has 124 valence electrons. The van der Waals surface area contributed by atoms with Gasteiger partial charge in [0.2, 0.25) is 11.8 Å². The van der Waals surface area contributed by atoms with Crippen LogP contribution in [-0.4, -0.2) is 28.9 Å². The predicted octanol–water partition coefficient (Wildman–Crippen LogP) is 2.52. The number of H-pyrrole nitrogens is 1. The zero-order chi connectivity index (χ0) is 16.8. The summed E-state index contributed by atoms with van der Waals surface area (Å²) in [6.07, 6.45) is 3.82. The molecule has 0 spiro atoms. The van der Waals surface area contributed by atoms with Crippen LogP contribution in [0.1, 0.15) is 39.2 Å². The maximum atomic E-state index is 12.0. The van der Waals surface area contributed by atoms with Crippen molar-refractivity contribution in [3.63, 3.8) is 0 Å². The van der Waals surface area contributed by atoms with Gasteiger partial charge in [0.25, 0.3) is 0 Å². The van der Waals surface area contributed by atoms with Crippen molar-refractivity contribution in [1.29, 1.82) is 0 Å². The zero-order valence-electron chi connectivity index (χ0n) is 14.0. The first-order valence-corrected chi connectivity index (χ1v) is 8.16. The number of benzene rings is 1. The Morgan fingerprint density at radius 2 is 1.91 bits per heavy atom. The second kappa shape index (κ2) is 7.81. The molecule has 1 aromatic carbocycles. The van der Waals surface area contributed by atoms with Gasteiger partial charge in [-0.15, -0.1) is 0 Å². The van der Waals surface area contributed by atoms with Crippen molar-refractivity contribution in [2.24, 2.45) is 0 Å². The number of aromatic nitrogens is 1. The van der Waals surface area contributed by atoms with Gasteiger partial charge >= 0.3 is 0 Å². The van der Waals surface area contributed by atoms with Gasteiger partial charge in [0.1, 0.15) is 6.04 Å². The third-order valence-electron chi connectivity index (χ3n) is 4.07. The maximum absolute atomic E-state index is 12.0. The summed E-state index contributed by atoms with van der Waals surface area (Å²) in [7, 11) is 0. The van der Waals surface area contributed by atoms with E-state index in [1.54, 1.807) is 6.92 Å². The third kappa shape index (κ3) is 4.58. The Balaban J connectivity index is 1.84.